The van der Waals surface area contributed by atoms with Crippen LogP contribution in [0.15, 0.2) is 54.6 Å². The molecule has 0 heterocycles. The minimum absolute atomic E-state index is 0.00713. The van der Waals surface area contributed by atoms with E-state index >= 15 is 0 Å². The smallest absolute Gasteiger partial charge is 0.251 e. The summed E-state index contributed by atoms with van der Waals surface area (Å²) in [4.78, 5) is 12.3. The van der Waals surface area contributed by atoms with Crippen LogP contribution in [0.2, 0.25) is 0 Å². The highest BCUT2D eigenvalue weighted by molar-refractivity contribution is 5.94. The average molecular weight is 267 g/mol. The fourth-order valence-corrected chi connectivity index (χ4v) is 2.24. The van der Waals surface area contributed by atoms with Crippen molar-refractivity contribution in [2.24, 2.45) is 0 Å². The number of carbonyl (C=O) groups excluding carboxylic acids is 1. The molecule has 0 aliphatic heterocycles. The molecule has 2 aromatic rings. The largest absolute Gasteiger partial charge is 0.345 e. The van der Waals surface area contributed by atoms with Crippen molar-refractivity contribution in [1.29, 1.82) is 0 Å². The third-order valence-electron chi connectivity index (χ3n) is 3.40. The first kappa shape index (κ1) is 14.3. The maximum Gasteiger partial charge on any atom is 0.251 e. The number of benzene rings is 2. The van der Waals surface area contributed by atoms with Gasteiger partial charge in [-0.05, 0) is 31.0 Å². The lowest BCUT2D eigenvalue weighted by Gasteiger charge is -2.18. The number of amides is 1. The van der Waals surface area contributed by atoms with E-state index in [1.807, 2.05) is 49.4 Å². The Morgan fingerprint density at radius 1 is 1.05 bits per heavy atom. The predicted molar refractivity (Wildman–Crippen MR) is 82.7 cm³/mol. The molecule has 0 saturated carbocycles. The SMILES string of the molecule is CCC[C@@H](NC(=O)c1ccc(C)cc1)c1ccccc1. The summed E-state index contributed by atoms with van der Waals surface area (Å²) in [5, 5.41) is 3.13. The Balaban J connectivity index is 2.12. The molecule has 0 spiro atoms. The Bertz CT molecular complexity index is 545. The predicted octanol–water partition coefficient (Wildman–Crippen LogP) is 4.27. The molecule has 2 heteroatoms. The molecule has 1 amide bonds. The summed E-state index contributed by atoms with van der Waals surface area (Å²) < 4.78 is 0. The van der Waals surface area contributed by atoms with Gasteiger partial charge in [-0.25, -0.2) is 0 Å². The molecule has 2 nitrogen and oxygen atoms in total. The number of carbonyl (C=O) groups is 1. The molecule has 1 atom stereocenters. The van der Waals surface area contributed by atoms with E-state index in [9.17, 15) is 4.79 Å². The standard InChI is InChI=1S/C18H21NO/c1-3-7-17(15-8-5-4-6-9-15)19-18(20)16-12-10-14(2)11-13-16/h4-6,8-13,17H,3,7H2,1-2H3,(H,19,20)/t17-/m1/s1. The van der Waals surface area contributed by atoms with Gasteiger partial charge in [0.25, 0.3) is 5.91 Å². The van der Waals surface area contributed by atoms with Crippen molar-refractivity contribution in [3.8, 4) is 0 Å². The first-order valence-corrected chi connectivity index (χ1v) is 7.13. The van der Waals surface area contributed by atoms with E-state index in [2.05, 4.69) is 24.4 Å². The average Bonchev–Trinajstić information content (AvgIpc) is 2.48. The fraction of sp³-hybridized carbons (Fsp3) is 0.278. The van der Waals surface area contributed by atoms with Crippen molar-refractivity contribution in [3.05, 3.63) is 71.3 Å². The van der Waals surface area contributed by atoms with Gasteiger partial charge in [-0.3, -0.25) is 4.79 Å². The summed E-state index contributed by atoms with van der Waals surface area (Å²) >= 11 is 0. The maximum absolute atomic E-state index is 12.3. The molecule has 0 aromatic heterocycles. The Hall–Kier alpha value is -2.09. The highest BCUT2D eigenvalue weighted by atomic mass is 16.1. The highest BCUT2D eigenvalue weighted by Crippen LogP contribution is 2.18. The number of nitrogens with one attached hydrogen (secondary N) is 1. The summed E-state index contributed by atoms with van der Waals surface area (Å²) in [5.41, 5.74) is 3.04. The van der Waals surface area contributed by atoms with E-state index in [1.165, 1.54) is 0 Å². The van der Waals surface area contributed by atoms with Crippen molar-refractivity contribution < 1.29 is 4.79 Å². The molecule has 0 aliphatic carbocycles. The molecule has 0 unspecified atom stereocenters. The Morgan fingerprint density at radius 3 is 2.30 bits per heavy atom. The first-order chi connectivity index (χ1) is 9.70. The van der Waals surface area contributed by atoms with Gasteiger partial charge in [0.15, 0.2) is 0 Å². The van der Waals surface area contributed by atoms with E-state index < -0.39 is 0 Å². The van der Waals surface area contributed by atoms with Crippen molar-refractivity contribution in [2.45, 2.75) is 32.7 Å². The minimum Gasteiger partial charge on any atom is -0.345 e. The number of rotatable bonds is 5. The molecule has 20 heavy (non-hydrogen) atoms. The van der Waals surface area contributed by atoms with Crippen LogP contribution in [0.3, 0.4) is 0 Å². The summed E-state index contributed by atoms with van der Waals surface area (Å²) in [6.45, 7) is 4.15. The highest BCUT2D eigenvalue weighted by Gasteiger charge is 2.14. The zero-order valence-corrected chi connectivity index (χ0v) is 12.1. The monoisotopic (exact) mass is 267 g/mol. The van der Waals surface area contributed by atoms with Crippen LogP contribution in [-0.2, 0) is 0 Å². The van der Waals surface area contributed by atoms with Crippen LogP contribution in [0.25, 0.3) is 0 Å². The lowest BCUT2D eigenvalue weighted by Crippen LogP contribution is -2.28. The summed E-state index contributed by atoms with van der Waals surface area (Å²) in [6, 6.07) is 17.9. The van der Waals surface area contributed by atoms with E-state index in [0.717, 1.165) is 24.0 Å². The van der Waals surface area contributed by atoms with E-state index in [-0.39, 0.29) is 11.9 Å². The van der Waals surface area contributed by atoms with Crippen LogP contribution in [0.5, 0.6) is 0 Å². The van der Waals surface area contributed by atoms with Gasteiger partial charge in [0.1, 0.15) is 0 Å². The second-order valence-electron chi connectivity index (χ2n) is 5.09. The van der Waals surface area contributed by atoms with Crippen LogP contribution >= 0.6 is 0 Å². The molecule has 0 fully saturated rings. The van der Waals surface area contributed by atoms with E-state index in [4.69, 9.17) is 0 Å². The number of aryl methyl sites for hydroxylation is 1. The Labute approximate surface area is 120 Å². The summed E-state index contributed by atoms with van der Waals surface area (Å²) in [5.74, 6) is -0.00713. The van der Waals surface area contributed by atoms with Crippen molar-refractivity contribution >= 4 is 5.91 Å². The van der Waals surface area contributed by atoms with Crippen LogP contribution in [0.1, 0.15) is 47.3 Å². The maximum atomic E-state index is 12.3. The van der Waals surface area contributed by atoms with E-state index in [1.54, 1.807) is 0 Å². The van der Waals surface area contributed by atoms with Crippen LogP contribution in [0, 0.1) is 6.92 Å². The third-order valence-corrected chi connectivity index (χ3v) is 3.40. The van der Waals surface area contributed by atoms with Gasteiger partial charge in [0.05, 0.1) is 6.04 Å². The molecule has 1 N–H and O–H groups in total. The van der Waals surface area contributed by atoms with Gasteiger partial charge in [-0.1, -0.05) is 61.4 Å². The molecule has 0 aliphatic rings. The topological polar surface area (TPSA) is 29.1 Å². The molecule has 104 valence electrons. The van der Waals surface area contributed by atoms with Crippen molar-refractivity contribution in [1.82, 2.24) is 5.32 Å². The third kappa shape index (κ3) is 3.70. The van der Waals surface area contributed by atoms with Gasteiger partial charge in [-0.15, -0.1) is 0 Å². The molecule has 2 aromatic carbocycles. The van der Waals surface area contributed by atoms with Crippen LogP contribution in [-0.4, -0.2) is 5.91 Å². The first-order valence-electron chi connectivity index (χ1n) is 7.13. The zero-order chi connectivity index (χ0) is 14.4. The second-order valence-corrected chi connectivity index (χ2v) is 5.09. The summed E-state index contributed by atoms with van der Waals surface area (Å²) in [7, 11) is 0. The summed E-state index contributed by atoms with van der Waals surface area (Å²) in [6.07, 6.45) is 1.98. The van der Waals surface area contributed by atoms with Crippen molar-refractivity contribution in [3.63, 3.8) is 0 Å². The van der Waals surface area contributed by atoms with E-state index in [0.29, 0.717) is 5.56 Å². The normalized spacial score (nSPS) is 11.9. The second kappa shape index (κ2) is 6.90. The quantitative estimate of drug-likeness (QED) is 0.861. The molecular formula is C18H21NO. The zero-order valence-electron chi connectivity index (χ0n) is 12.1. The fourth-order valence-electron chi connectivity index (χ4n) is 2.24. The van der Waals surface area contributed by atoms with Crippen LogP contribution in [0.4, 0.5) is 0 Å². The van der Waals surface area contributed by atoms with Gasteiger partial charge in [-0.2, -0.15) is 0 Å². The molecule has 0 saturated heterocycles. The number of hydrogen-bond donors (Lipinski definition) is 1. The van der Waals surface area contributed by atoms with Gasteiger partial charge in [0.2, 0.25) is 0 Å². The lowest BCUT2D eigenvalue weighted by molar-refractivity contribution is 0.0934. The molecular weight excluding hydrogens is 246 g/mol. The van der Waals surface area contributed by atoms with Crippen LogP contribution < -0.4 is 5.32 Å². The molecule has 2 rings (SSSR count). The number of hydrogen-bond acceptors (Lipinski definition) is 1. The Morgan fingerprint density at radius 2 is 1.70 bits per heavy atom. The van der Waals surface area contributed by atoms with Gasteiger partial charge >= 0.3 is 0 Å². The molecule has 0 radical (unpaired) electrons. The van der Waals surface area contributed by atoms with Gasteiger partial charge in [0, 0.05) is 5.56 Å². The lowest BCUT2D eigenvalue weighted by atomic mass is 10.0. The minimum atomic E-state index is -0.00713. The van der Waals surface area contributed by atoms with Crippen molar-refractivity contribution in [2.75, 3.05) is 0 Å². The molecule has 0 bridgehead atoms. The van der Waals surface area contributed by atoms with Gasteiger partial charge < -0.3 is 5.32 Å². The Kier molecular flexibility index (Phi) is 4.94.